The zero-order valence-corrected chi connectivity index (χ0v) is 13.2. The Hall–Kier alpha value is -1.48. The highest BCUT2D eigenvalue weighted by Crippen LogP contribution is 2.44. The Kier molecular flexibility index (Phi) is 4.39. The highest BCUT2D eigenvalue weighted by atomic mass is 32.1. The maximum Gasteiger partial charge on any atom is 0.198 e. The molecule has 5 heteroatoms. The molecule has 0 bridgehead atoms. The maximum absolute atomic E-state index is 13.6. The van der Waals surface area contributed by atoms with Crippen LogP contribution in [0.3, 0.4) is 0 Å². The van der Waals surface area contributed by atoms with Crippen LogP contribution in [0.5, 0.6) is 0 Å². The molecule has 3 N–H and O–H groups in total. The smallest absolute Gasteiger partial charge is 0.198 e. The second kappa shape index (κ2) is 5.88. The summed E-state index contributed by atoms with van der Waals surface area (Å²) in [5.41, 5.74) is 4.48. The molecule has 2 rings (SSSR count). The predicted octanol–water partition coefficient (Wildman–Crippen LogP) is 2.37. The predicted molar refractivity (Wildman–Crippen MR) is 89.2 cm³/mol. The molecule has 0 saturated carbocycles. The molecule has 2 aromatic carbocycles. The molecule has 0 atom stereocenters. The number of hydrazine groups is 1. The van der Waals surface area contributed by atoms with Crippen molar-refractivity contribution in [2.24, 2.45) is 5.84 Å². The number of nitrogens with two attached hydrogens (primary N) is 1. The average Bonchev–Trinajstić information content (AvgIpc) is 2.45. The van der Waals surface area contributed by atoms with E-state index >= 15 is 0 Å². The van der Waals surface area contributed by atoms with Crippen LogP contribution in [-0.2, 0) is 4.57 Å². The van der Waals surface area contributed by atoms with Gasteiger partial charge in [0.25, 0.3) is 0 Å². The zero-order chi connectivity index (χ0) is 14.8. The first kappa shape index (κ1) is 14.9. The van der Waals surface area contributed by atoms with Gasteiger partial charge < -0.3 is 9.99 Å². The summed E-state index contributed by atoms with van der Waals surface area (Å²) in [5, 5.41) is 1.40. The molecule has 0 amide bonds. The van der Waals surface area contributed by atoms with Crippen LogP contribution in [0.1, 0.15) is 11.1 Å². The summed E-state index contributed by atoms with van der Waals surface area (Å²) in [6.45, 7) is 3.92. The minimum atomic E-state index is -3.07. The molecule has 2 aromatic rings. The van der Waals surface area contributed by atoms with Crippen molar-refractivity contribution in [2.75, 3.05) is 0 Å². The Morgan fingerprint density at radius 1 is 1.05 bits per heavy atom. The molecule has 0 unspecified atom stereocenters. The van der Waals surface area contributed by atoms with E-state index in [1.165, 1.54) is 0 Å². The van der Waals surface area contributed by atoms with E-state index in [1.807, 2.05) is 62.4 Å². The molecule has 0 radical (unpaired) electrons. The Morgan fingerprint density at radius 2 is 1.50 bits per heavy atom. The average molecular weight is 304 g/mol. The molecule has 104 valence electrons. The Morgan fingerprint density at radius 3 is 1.85 bits per heavy atom. The van der Waals surface area contributed by atoms with Gasteiger partial charge >= 0.3 is 0 Å². The minimum Gasteiger partial charge on any atom is -0.311 e. The molecule has 0 aliphatic carbocycles. The van der Waals surface area contributed by atoms with Crippen molar-refractivity contribution in [3.63, 3.8) is 0 Å². The molecule has 3 nitrogen and oxygen atoms in total. The van der Waals surface area contributed by atoms with Crippen LogP contribution in [-0.4, -0.2) is 4.73 Å². The zero-order valence-electron chi connectivity index (χ0n) is 11.5. The molecule has 0 aromatic heterocycles. The first-order valence-electron chi connectivity index (χ1n) is 6.24. The van der Waals surface area contributed by atoms with Crippen LogP contribution in [0.2, 0.25) is 0 Å². The number of nitrogens with one attached hydrogen (secondary N) is 1. The van der Waals surface area contributed by atoms with E-state index in [0.717, 1.165) is 11.1 Å². The lowest BCUT2D eigenvalue weighted by atomic mass is 10.2. The fourth-order valence-corrected chi connectivity index (χ4v) is 5.07. The number of hydrogen-bond donors (Lipinski definition) is 2. The molecule has 0 aliphatic heterocycles. The fraction of sp³-hybridized carbons (Fsp3) is 0.133. The molecule has 0 fully saturated rings. The highest BCUT2D eigenvalue weighted by molar-refractivity contribution is 8.07. The van der Waals surface area contributed by atoms with Crippen LogP contribution in [0.4, 0.5) is 0 Å². The van der Waals surface area contributed by atoms with E-state index in [1.54, 1.807) is 0 Å². The van der Waals surface area contributed by atoms with Gasteiger partial charge in [-0.3, -0.25) is 0 Å². The SMILES string of the molecule is Cc1cccc(P(=O)(C(=S)NN)c2cccc(C)c2)c1. The summed E-state index contributed by atoms with van der Waals surface area (Å²) >= 11 is 5.24. The Bertz CT molecular complexity index is 650. The number of hydrogen-bond acceptors (Lipinski definition) is 3. The quantitative estimate of drug-likeness (QED) is 0.396. The topological polar surface area (TPSA) is 55.1 Å². The first-order valence-corrected chi connectivity index (χ1v) is 8.35. The van der Waals surface area contributed by atoms with Crippen molar-refractivity contribution in [3.05, 3.63) is 59.7 Å². The Balaban J connectivity index is 2.69. The summed E-state index contributed by atoms with van der Waals surface area (Å²) in [6, 6.07) is 15.1. The van der Waals surface area contributed by atoms with Crippen LogP contribution in [0, 0.1) is 13.8 Å². The molecular formula is C15H17N2OPS. The lowest BCUT2D eigenvalue weighted by molar-refractivity contribution is 0.593. The van der Waals surface area contributed by atoms with Crippen molar-refractivity contribution < 1.29 is 4.57 Å². The first-order chi connectivity index (χ1) is 9.48. The number of rotatable bonds is 3. The van der Waals surface area contributed by atoms with E-state index in [4.69, 9.17) is 18.1 Å². The number of aryl methyl sites for hydroxylation is 2. The van der Waals surface area contributed by atoms with Gasteiger partial charge in [-0.05, 0) is 26.0 Å². The summed E-state index contributed by atoms with van der Waals surface area (Å²) in [6.07, 6.45) is 0. The number of benzene rings is 2. The summed E-state index contributed by atoms with van der Waals surface area (Å²) < 4.78 is 13.7. The molecule has 0 saturated heterocycles. The molecular weight excluding hydrogens is 287 g/mol. The lowest BCUT2D eigenvalue weighted by Crippen LogP contribution is -2.35. The minimum absolute atomic E-state index is 0.175. The third kappa shape index (κ3) is 2.68. The molecule has 20 heavy (non-hydrogen) atoms. The summed E-state index contributed by atoms with van der Waals surface area (Å²) in [4.78, 5) is 0. The summed E-state index contributed by atoms with van der Waals surface area (Å²) in [7, 11) is -3.07. The molecule has 0 spiro atoms. The van der Waals surface area contributed by atoms with E-state index in [0.29, 0.717) is 10.6 Å². The van der Waals surface area contributed by atoms with Crippen LogP contribution in [0.25, 0.3) is 0 Å². The number of thiocarbonyl (C=S) groups is 1. The van der Waals surface area contributed by atoms with Gasteiger partial charge in [0.1, 0.15) is 0 Å². The van der Waals surface area contributed by atoms with Gasteiger partial charge in [-0.15, -0.1) is 0 Å². The third-order valence-corrected chi connectivity index (χ3v) is 6.74. The van der Waals surface area contributed by atoms with Gasteiger partial charge in [0.2, 0.25) is 0 Å². The van der Waals surface area contributed by atoms with Crippen LogP contribution < -0.4 is 21.9 Å². The van der Waals surface area contributed by atoms with Crippen molar-refractivity contribution >= 4 is 34.7 Å². The van der Waals surface area contributed by atoms with Gasteiger partial charge in [-0.25, -0.2) is 5.84 Å². The van der Waals surface area contributed by atoms with E-state index in [9.17, 15) is 4.57 Å². The van der Waals surface area contributed by atoms with Gasteiger partial charge in [0.15, 0.2) is 11.9 Å². The Labute approximate surface area is 124 Å². The lowest BCUT2D eigenvalue weighted by Gasteiger charge is -2.20. The largest absolute Gasteiger partial charge is 0.311 e. The highest BCUT2D eigenvalue weighted by Gasteiger charge is 2.32. The standard InChI is InChI=1S/C15H17N2OPS/c1-11-5-3-7-13(9-11)19(18,15(20)17-16)14-8-4-6-12(2)10-14/h3-10H,16H2,1-2H3,(H,17,20). The fourth-order valence-electron chi connectivity index (χ4n) is 2.12. The third-order valence-electron chi connectivity index (χ3n) is 3.14. The van der Waals surface area contributed by atoms with Crippen molar-refractivity contribution in [2.45, 2.75) is 13.8 Å². The van der Waals surface area contributed by atoms with Crippen molar-refractivity contribution in [1.29, 1.82) is 0 Å². The summed E-state index contributed by atoms with van der Waals surface area (Å²) in [5.74, 6) is 5.45. The molecule has 0 aliphatic rings. The molecule has 0 heterocycles. The van der Waals surface area contributed by atoms with E-state index in [2.05, 4.69) is 5.43 Å². The van der Waals surface area contributed by atoms with Gasteiger partial charge in [0.05, 0.1) is 0 Å². The van der Waals surface area contributed by atoms with Crippen molar-refractivity contribution in [1.82, 2.24) is 5.43 Å². The van der Waals surface area contributed by atoms with Crippen molar-refractivity contribution in [3.8, 4) is 0 Å². The second-order valence-corrected chi connectivity index (χ2v) is 8.15. The van der Waals surface area contributed by atoms with Crippen LogP contribution >= 0.6 is 19.4 Å². The normalized spacial score (nSPS) is 11.2. The van der Waals surface area contributed by atoms with E-state index < -0.39 is 7.14 Å². The van der Waals surface area contributed by atoms with E-state index in [-0.39, 0.29) is 4.73 Å². The van der Waals surface area contributed by atoms with Gasteiger partial charge in [-0.2, -0.15) is 0 Å². The van der Waals surface area contributed by atoms with Gasteiger partial charge in [0, 0.05) is 10.6 Å². The maximum atomic E-state index is 13.6. The van der Waals surface area contributed by atoms with Crippen LogP contribution in [0.15, 0.2) is 48.5 Å². The second-order valence-electron chi connectivity index (χ2n) is 4.74. The van der Waals surface area contributed by atoms with Gasteiger partial charge in [-0.1, -0.05) is 59.7 Å². The monoisotopic (exact) mass is 304 g/mol.